The molecule has 1 fully saturated rings. The molecule has 19 heavy (non-hydrogen) atoms. The summed E-state index contributed by atoms with van der Waals surface area (Å²) < 4.78 is 7.67. The van der Waals surface area contributed by atoms with Crippen LogP contribution in [0.15, 0.2) is 6.07 Å². The number of nitrogens with one attached hydrogen (secondary N) is 1. The van der Waals surface area contributed by atoms with E-state index in [0.717, 1.165) is 37.4 Å². The molecule has 0 aliphatic carbocycles. The third kappa shape index (κ3) is 3.17. The van der Waals surface area contributed by atoms with Crippen molar-refractivity contribution < 1.29 is 4.74 Å². The second kappa shape index (κ2) is 5.36. The van der Waals surface area contributed by atoms with E-state index in [9.17, 15) is 0 Å². The highest BCUT2D eigenvalue weighted by Crippen LogP contribution is 2.24. The summed E-state index contributed by atoms with van der Waals surface area (Å²) in [6.07, 6.45) is 2.09. The van der Waals surface area contributed by atoms with Crippen LogP contribution < -0.4 is 5.32 Å². The van der Waals surface area contributed by atoms with Gasteiger partial charge in [0.15, 0.2) is 0 Å². The zero-order valence-corrected chi connectivity index (χ0v) is 12.3. The number of aromatic nitrogens is 1. The Bertz CT molecular complexity index is 496. The number of hydrogen-bond donors (Lipinski definition) is 1. The van der Waals surface area contributed by atoms with Gasteiger partial charge in [-0.25, -0.2) is 0 Å². The van der Waals surface area contributed by atoms with E-state index in [1.807, 2.05) is 17.7 Å². The smallest absolute Gasteiger partial charge is 0.120 e. The van der Waals surface area contributed by atoms with Gasteiger partial charge in [0.2, 0.25) is 0 Å². The molecule has 4 heteroatoms. The van der Waals surface area contributed by atoms with Gasteiger partial charge in [0.25, 0.3) is 0 Å². The average Bonchev–Trinajstić information content (AvgIpc) is 2.62. The molecule has 4 nitrogen and oxygen atoms in total. The Kier molecular flexibility index (Phi) is 3.98. The largest absolute Gasteiger partial charge is 0.375 e. The highest BCUT2D eigenvalue weighted by molar-refractivity contribution is 5.34. The van der Waals surface area contributed by atoms with Gasteiger partial charge in [0.1, 0.15) is 11.8 Å². The fourth-order valence-electron chi connectivity index (χ4n) is 2.71. The predicted octanol–water partition coefficient (Wildman–Crippen LogP) is 2.25. The fraction of sp³-hybridized carbons (Fsp3) is 0.667. The van der Waals surface area contributed by atoms with E-state index in [0.29, 0.717) is 6.04 Å². The summed E-state index contributed by atoms with van der Waals surface area (Å²) in [5.41, 5.74) is 3.07. The molecule has 0 radical (unpaired) electrons. The molecule has 1 aliphatic rings. The Morgan fingerprint density at radius 3 is 2.89 bits per heavy atom. The van der Waals surface area contributed by atoms with Crippen molar-refractivity contribution in [1.29, 1.82) is 5.26 Å². The molecule has 104 valence electrons. The van der Waals surface area contributed by atoms with Crippen LogP contribution in [-0.4, -0.2) is 22.8 Å². The quantitative estimate of drug-likeness (QED) is 0.908. The third-order valence-corrected chi connectivity index (χ3v) is 4.03. The van der Waals surface area contributed by atoms with Crippen molar-refractivity contribution in [2.45, 2.75) is 51.8 Å². The zero-order chi connectivity index (χ0) is 14.0. The number of hydrogen-bond acceptors (Lipinski definition) is 3. The average molecular weight is 261 g/mol. The molecule has 0 amide bonds. The van der Waals surface area contributed by atoms with E-state index in [4.69, 9.17) is 10.00 Å². The first-order valence-corrected chi connectivity index (χ1v) is 6.85. The standard InChI is InChI=1S/C15H23N3O/c1-11-12(7-14(9-16)18(11)4)10-17-13-5-6-19-15(2,3)8-13/h7,13,17H,5-6,8,10H2,1-4H3. The number of rotatable bonds is 3. The minimum Gasteiger partial charge on any atom is -0.375 e. The van der Waals surface area contributed by atoms with Gasteiger partial charge < -0.3 is 14.6 Å². The van der Waals surface area contributed by atoms with Crippen LogP contribution in [0.1, 0.15) is 43.6 Å². The molecule has 1 unspecified atom stereocenters. The van der Waals surface area contributed by atoms with Crippen LogP contribution in [0.5, 0.6) is 0 Å². The molecule has 1 N–H and O–H groups in total. The maximum atomic E-state index is 9.03. The van der Waals surface area contributed by atoms with Gasteiger partial charge in [-0.2, -0.15) is 5.26 Å². The minimum absolute atomic E-state index is 0.0283. The lowest BCUT2D eigenvalue weighted by Crippen LogP contribution is -2.43. The van der Waals surface area contributed by atoms with Gasteiger partial charge in [-0.1, -0.05) is 0 Å². The third-order valence-electron chi connectivity index (χ3n) is 4.03. The number of ether oxygens (including phenoxy) is 1. The second-order valence-corrected chi connectivity index (χ2v) is 5.99. The van der Waals surface area contributed by atoms with Crippen LogP contribution in [0.4, 0.5) is 0 Å². The highest BCUT2D eigenvalue weighted by Gasteiger charge is 2.28. The van der Waals surface area contributed by atoms with E-state index in [2.05, 4.69) is 32.2 Å². The highest BCUT2D eigenvalue weighted by atomic mass is 16.5. The molecule has 1 aromatic heterocycles. The monoisotopic (exact) mass is 261 g/mol. The van der Waals surface area contributed by atoms with Gasteiger partial charge in [0.05, 0.1) is 5.60 Å². The normalized spacial score (nSPS) is 22.2. The van der Waals surface area contributed by atoms with Crippen LogP contribution in [0, 0.1) is 18.3 Å². The van der Waals surface area contributed by atoms with Crippen molar-refractivity contribution >= 4 is 0 Å². The Morgan fingerprint density at radius 2 is 2.32 bits per heavy atom. The molecule has 0 bridgehead atoms. The van der Waals surface area contributed by atoms with Crippen molar-refractivity contribution in [2.24, 2.45) is 7.05 Å². The predicted molar refractivity (Wildman–Crippen MR) is 74.8 cm³/mol. The molecule has 2 rings (SSSR count). The van der Waals surface area contributed by atoms with E-state index < -0.39 is 0 Å². The van der Waals surface area contributed by atoms with Crippen molar-refractivity contribution in [2.75, 3.05) is 6.61 Å². The SMILES string of the molecule is Cc1c(CNC2CCOC(C)(C)C2)cc(C#N)n1C. The maximum absolute atomic E-state index is 9.03. The summed E-state index contributed by atoms with van der Waals surface area (Å²) in [6.45, 7) is 7.99. The van der Waals surface area contributed by atoms with Gasteiger partial charge in [0, 0.05) is 31.9 Å². The van der Waals surface area contributed by atoms with Crippen LogP contribution in [0.3, 0.4) is 0 Å². The van der Waals surface area contributed by atoms with Crippen LogP contribution in [0.25, 0.3) is 0 Å². The lowest BCUT2D eigenvalue weighted by Gasteiger charge is -2.36. The van der Waals surface area contributed by atoms with Crippen molar-refractivity contribution in [3.8, 4) is 6.07 Å². The van der Waals surface area contributed by atoms with Crippen molar-refractivity contribution in [1.82, 2.24) is 9.88 Å². The van der Waals surface area contributed by atoms with Gasteiger partial charge in [-0.15, -0.1) is 0 Å². The molecular weight excluding hydrogens is 238 g/mol. The number of nitriles is 1. The van der Waals surface area contributed by atoms with E-state index in [1.165, 1.54) is 5.56 Å². The molecule has 0 spiro atoms. The molecule has 0 saturated carbocycles. The number of nitrogens with zero attached hydrogens (tertiary/aromatic N) is 2. The summed E-state index contributed by atoms with van der Waals surface area (Å²) in [7, 11) is 1.94. The fourth-order valence-corrected chi connectivity index (χ4v) is 2.71. The van der Waals surface area contributed by atoms with E-state index >= 15 is 0 Å². The van der Waals surface area contributed by atoms with E-state index in [1.54, 1.807) is 0 Å². The summed E-state index contributed by atoms with van der Waals surface area (Å²) in [6, 6.07) is 4.70. The van der Waals surface area contributed by atoms with Gasteiger partial charge >= 0.3 is 0 Å². The first kappa shape index (κ1) is 14.1. The Hall–Kier alpha value is -1.31. The summed E-state index contributed by atoms with van der Waals surface area (Å²) >= 11 is 0. The molecule has 1 aromatic rings. The van der Waals surface area contributed by atoms with Gasteiger partial charge in [-0.05, 0) is 45.2 Å². The summed E-state index contributed by atoms with van der Waals surface area (Å²) in [4.78, 5) is 0. The molecule has 1 saturated heterocycles. The summed E-state index contributed by atoms with van der Waals surface area (Å²) in [5, 5.41) is 12.6. The van der Waals surface area contributed by atoms with Crippen LogP contribution in [0.2, 0.25) is 0 Å². The Morgan fingerprint density at radius 1 is 1.58 bits per heavy atom. The maximum Gasteiger partial charge on any atom is 0.120 e. The van der Waals surface area contributed by atoms with Crippen molar-refractivity contribution in [3.63, 3.8) is 0 Å². The first-order chi connectivity index (χ1) is 8.93. The molecule has 0 aromatic carbocycles. The lowest BCUT2D eigenvalue weighted by molar-refractivity contribution is -0.0630. The van der Waals surface area contributed by atoms with Crippen LogP contribution >= 0.6 is 0 Å². The van der Waals surface area contributed by atoms with Gasteiger partial charge in [-0.3, -0.25) is 0 Å². The Labute approximate surface area is 115 Å². The second-order valence-electron chi connectivity index (χ2n) is 5.99. The molecule has 2 heterocycles. The first-order valence-electron chi connectivity index (χ1n) is 6.85. The summed E-state index contributed by atoms with van der Waals surface area (Å²) in [5.74, 6) is 0. The molecule has 1 aliphatic heterocycles. The lowest BCUT2D eigenvalue weighted by atomic mass is 9.94. The zero-order valence-electron chi connectivity index (χ0n) is 12.3. The Balaban J connectivity index is 1.98. The van der Waals surface area contributed by atoms with E-state index in [-0.39, 0.29) is 5.60 Å². The topological polar surface area (TPSA) is 50.0 Å². The minimum atomic E-state index is -0.0283. The molecular formula is C15H23N3O. The van der Waals surface area contributed by atoms with Crippen LogP contribution in [-0.2, 0) is 18.3 Å². The molecule has 1 atom stereocenters. The van der Waals surface area contributed by atoms with Crippen molar-refractivity contribution in [3.05, 3.63) is 23.0 Å².